The molecule has 1 aliphatic carbocycles. The Labute approximate surface area is 337 Å². The van der Waals surface area contributed by atoms with E-state index in [4.69, 9.17) is 14.2 Å². The molecule has 57 heavy (non-hydrogen) atoms. The molecule has 3 N–H and O–H groups in total. The van der Waals surface area contributed by atoms with E-state index in [1.807, 2.05) is 84.9 Å². The first-order valence-corrected chi connectivity index (χ1v) is 20.3. The van der Waals surface area contributed by atoms with Gasteiger partial charge in [0.2, 0.25) is 0 Å². The van der Waals surface area contributed by atoms with Gasteiger partial charge in [-0.05, 0) is 94.3 Å². The van der Waals surface area contributed by atoms with Crippen LogP contribution in [0.3, 0.4) is 0 Å². The molecule has 1 saturated carbocycles. The Hall–Kier alpha value is -4.99. The highest BCUT2D eigenvalue weighted by Gasteiger charge is 2.51. The maximum Gasteiger partial charge on any atom is 0.319 e. The molecular weight excluding hydrogens is 711 g/mol. The van der Waals surface area contributed by atoms with E-state index in [1.165, 1.54) is 19.3 Å². The number of anilines is 1. The highest BCUT2D eigenvalue weighted by Crippen LogP contribution is 2.53. The molecule has 2 heterocycles. The van der Waals surface area contributed by atoms with Crippen molar-refractivity contribution < 1.29 is 24.1 Å². The van der Waals surface area contributed by atoms with Gasteiger partial charge in [0.25, 0.3) is 0 Å². The van der Waals surface area contributed by atoms with Gasteiger partial charge in [-0.2, -0.15) is 0 Å². The summed E-state index contributed by atoms with van der Waals surface area (Å²) in [6, 6.07) is 41.9. The summed E-state index contributed by atoms with van der Waals surface area (Å²) in [7, 11) is 0. The monoisotopic (exact) mass is 765 g/mol. The fourth-order valence-corrected chi connectivity index (χ4v) is 9.71. The summed E-state index contributed by atoms with van der Waals surface area (Å²) in [4.78, 5) is 15.7. The number of ether oxygens (including phenoxy) is 3. The van der Waals surface area contributed by atoms with Crippen molar-refractivity contribution in [2.75, 3.05) is 18.4 Å². The summed E-state index contributed by atoms with van der Waals surface area (Å²) in [5.74, 6) is 1.58. The fourth-order valence-electron chi connectivity index (χ4n) is 9.71. The van der Waals surface area contributed by atoms with E-state index in [2.05, 4.69) is 85.7 Å². The minimum absolute atomic E-state index is 0.0143. The minimum atomic E-state index is -0.531. The Morgan fingerprint density at radius 1 is 0.807 bits per heavy atom. The van der Waals surface area contributed by atoms with Crippen LogP contribution in [0.4, 0.5) is 10.5 Å². The van der Waals surface area contributed by atoms with Crippen LogP contribution in [0.15, 0.2) is 127 Å². The third kappa shape index (κ3) is 9.10. The van der Waals surface area contributed by atoms with Gasteiger partial charge in [0.1, 0.15) is 11.5 Å². The predicted molar refractivity (Wildman–Crippen MR) is 225 cm³/mol. The number of aliphatic hydroxyl groups is 1. The largest absolute Gasteiger partial charge is 0.457 e. The van der Waals surface area contributed by atoms with E-state index < -0.39 is 6.29 Å². The van der Waals surface area contributed by atoms with Crippen LogP contribution in [0, 0.1) is 16.7 Å². The number of benzene rings is 5. The standard InChI is InChI=1S/C49H55N3O5/c1-33-44(29-52-32-49(4)27-40(52)26-48(2,3)31-49)56-46(57-45(33)36-16-14-34(30-53)15-17-36)37-20-18-35(19-21-37)43-13-9-8-10-38(43)28-50-47(54)51-39-22-24-42(25-23-39)55-41-11-6-5-7-12-41/h5-25,33,40,44-46,53H,26-32H2,1-4H3,(H2,50,51,54). The van der Waals surface area contributed by atoms with Crippen LogP contribution in [0.25, 0.3) is 11.1 Å². The number of likely N-dealkylation sites (tertiary alicyclic amines) is 1. The lowest BCUT2D eigenvalue weighted by Crippen LogP contribution is -2.46. The number of rotatable bonds is 11. The zero-order chi connectivity index (χ0) is 39.6. The van der Waals surface area contributed by atoms with Crippen LogP contribution < -0.4 is 15.4 Å². The van der Waals surface area contributed by atoms with E-state index in [9.17, 15) is 9.90 Å². The number of nitrogens with zero attached hydrogens (tertiary/aromatic N) is 1. The lowest BCUT2D eigenvalue weighted by Gasteiger charge is -2.43. The normalized spacial score (nSPS) is 25.5. The maximum absolute atomic E-state index is 13.0. The van der Waals surface area contributed by atoms with Gasteiger partial charge in [0, 0.05) is 42.8 Å². The third-order valence-corrected chi connectivity index (χ3v) is 12.1. The smallest absolute Gasteiger partial charge is 0.319 e. The Bertz CT molecular complexity index is 2120. The molecule has 2 amide bonds. The van der Waals surface area contributed by atoms with Crippen LogP contribution in [0.1, 0.15) is 81.6 Å². The van der Waals surface area contributed by atoms with Gasteiger partial charge in [-0.25, -0.2) is 4.79 Å². The summed E-state index contributed by atoms with van der Waals surface area (Å²) in [6.45, 7) is 11.9. The lowest BCUT2D eigenvalue weighted by molar-refractivity contribution is -0.276. The van der Waals surface area contributed by atoms with E-state index in [0.29, 0.717) is 34.9 Å². The second-order valence-corrected chi connectivity index (χ2v) is 17.5. The average Bonchev–Trinajstić information content (AvgIpc) is 3.46. The highest BCUT2D eigenvalue weighted by molar-refractivity contribution is 5.89. The molecule has 6 atom stereocenters. The predicted octanol–water partition coefficient (Wildman–Crippen LogP) is 10.7. The molecule has 2 saturated heterocycles. The summed E-state index contributed by atoms with van der Waals surface area (Å²) in [5, 5.41) is 15.7. The first-order chi connectivity index (χ1) is 27.5. The van der Waals surface area contributed by atoms with Gasteiger partial charge in [-0.3, -0.25) is 4.90 Å². The Morgan fingerprint density at radius 2 is 1.49 bits per heavy atom. The quantitative estimate of drug-likeness (QED) is 0.124. The van der Waals surface area contributed by atoms with Crippen molar-refractivity contribution in [3.8, 4) is 22.6 Å². The fraction of sp³-hybridized carbons (Fsp3) is 0.367. The minimum Gasteiger partial charge on any atom is -0.457 e. The van der Waals surface area contributed by atoms with Crippen molar-refractivity contribution in [1.29, 1.82) is 0 Å². The molecule has 2 aliphatic heterocycles. The SMILES string of the molecule is CC1C(CN2CC3(C)CC2CC(C)(C)C3)OC(c2ccc(-c3ccccc3CNC(=O)Nc3ccc(Oc4ccccc4)cc3)cc2)OC1c1ccc(CO)cc1. The number of amides is 2. The van der Waals surface area contributed by atoms with Crippen LogP contribution in [-0.4, -0.2) is 41.3 Å². The van der Waals surface area contributed by atoms with Crippen LogP contribution in [0.2, 0.25) is 0 Å². The first-order valence-electron chi connectivity index (χ1n) is 20.3. The van der Waals surface area contributed by atoms with Crippen molar-refractivity contribution in [3.05, 3.63) is 150 Å². The second-order valence-electron chi connectivity index (χ2n) is 17.5. The van der Waals surface area contributed by atoms with Crippen molar-refractivity contribution in [3.63, 3.8) is 0 Å². The summed E-state index contributed by atoms with van der Waals surface area (Å²) >= 11 is 0. The molecule has 3 fully saturated rings. The molecule has 8 heteroatoms. The number of fused-ring (bicyclic) bond motifs is 2. The molecule has 6 unspecified atom stereocenters. The van der Waals surface area contributed by atoms with Gasteiger partial charge < -0.3 is 30.0 Å². The molecule has 8 rings (SSSR count). The molecule has 0 aromatic heterocycles. The van der Waals surface area contributed by atoms with Gasteiger partial charge in [-0.1, -0.05) is 119 Å². The number of aliphatic hydroxyl groups excluding tert-OH is 1. The number of carbonyl (C=O) groups is 1. The Morgan fingerprint density at radius 3 is 2.23 bits per heavy atom. The molecule has 0 spiro atoms. The molecule has 2 bridgehead atoms. The Kier molecular flexibility index (Phi) is 11.2. The summed E-state index contributed by atoms with van der Waals surface area (Å²) in [5.41, 5.74) is 7.41. The summed E-state index contributed by atoms with van der Waals surface area (Å²) < 4.78 is 19.6. The molecule has 5 aromatic rings. The van der Waals surface area contributed by atoms with E-state index in [1.54, 1.807) is 0 Å². The molecule has 3 aliphatic rings. The van der Waals surface area contributed by atoms with Gasteiger partial charge >= 0.3 is 6.03 Å². The number of hydrogen-bond donors (Lipinski definition) is 3. The van der Waals surface area contributed by atoms with Crippen molar-refractivity contribution in [2.45, 2.75) is 84.6 Å². The number of carbonyl (C=O) groups excluding carboxylic acids is 1. The summed E-state index contributed by atoms with van der Waals surface area (Å²) in [6.07, 6.45) is 3.03. The van der Waals surface area contributed by atoms with Gasteiger partial charge in [0.15, 0.2) is 6.29 Å². The lowest BCUT2D eigenvalue weighted by atomic mass is 9.65. The number of hydrogen-bond acceptors (Lipinski definition) is 6. The maximum atomic E-state index is 13.0. The van der Waals surface area contributed by atoms with Crippen molar-refractivity contribution in [1.82, 2.24) is 10.2 Å². The van der Waals surface area contributed by atoms with E-state index in [-0.39, 0.29) is 30.8 Å². The molecule has 296 valence electrons. The topological polar surface area (TPSA) is 92.3 Å². The van der Waals surface area contributed by atoms with Crippen LogP contribution in [0.5, 0.6) is 11.5 Å². The molecule has 0 radical (unpaired) electrons. The first kappa shape index (κ1) is 38.9. The zero-order valence-electron chi connectivity index (χ0n) is 33.5. The van der Waals surface area contributed by atoms with Crippen LogP contribution >= 0.6 is 0 Å². The van der Waals surface area contributed by atoms with Crippen molar-refractivity contribution >= 4 is 11.7 Å². The second kappa shape index (κ2) is 16.5. The Balaban J connectivity index is 0.948. The average molecular weight is 766 g/mol. The zero-order valence-corrected chi connectivity index (χ0v) is 33.5. The van der Waals surface area contributed by atoms with Gasteiger partial charge in [0.05, 0.1) is 18.8 Å². The number of nitrogens with one attached hydrogen (secondary N) is 2. The molecular formula is C49H55N3O5. The van der Waals surface area contributed by atoms with E-state index in [0.717, 1.165) is 52.2 Å². The molecule has 8 nitrogen and oxygen atoms in total. The van der Waals surface area contributed by atoms with Gasteiger partial charge in [-0.15, -0.1) is 0 Å². The highest BCUT2D eigenvalue weighted by atomic mass is 16.7. The van der Waals surface area contributed by atoms with E-state index >= 15 is 0 Å². The molecule has 5 aromatic carbocycles. The number of para-hydroxylation sites is 1. The third-order valence-electron chi connectivity index (χ3n) is 12.1. The van der Waals surface area contributed by atoms with Crippen molar-refractivity contribution in [2.24, 2.45) is 16.7 Å². The number of urea groups is 1. The van der Waals surface area contributed by atoms with Crippen LogP contribution in [-0.2, 0) is 22.6 Å².